The quantitative estimate of drug-likeness (QED) is 0.679. The van der Waals surface area contributed by atoms with E-state index in [9.17, 15) is 4.79 Å². The number of hydrogen-bond acceptors (Lipinski definition) is 3. The summed E-state index contributed by atoms with van der Waals surface area (Å²) in [6, 6.07) is 0. The van der Waals surface area contributed by atoms with Crippen molar-refractivity contribution in [2.75, 3.05) is 19.3 Å². The van der Waals surface area contributed by atoms with Crippen LogP contribution in [0.1, 0.15) is 6.92 Å². The molecular weight excluding hydrogens is 275 g/mol. The number of carbonyl (C=O) groups excluding carboxylic acids is 1. The third-order valence-corrected chi connectivity index (χ3v) is 2.10. The van der Waals surface area contributed by atoms with Gasteiger partial charge >= 0.3 is 0 Å². The van der Waals surface area contributed by atoms with Crippen LogP contribution in [-0.4, -0.2) is 35.3 Å². The summed E-state index contributed by atoms with van der Waals surface area (Å²) in [5, 5.41) is 0.854. The highest BCUT2D eigenvalue weighted by atomic mass is 127. The van der Waals surface area contributed by atoms with E-state index in [-0.39, 0.29) is 29.9 Å². The summed E-state index contributed by atoms with van der Waals surface area (Å²) in [5.41, 5.74) is 0. The Kier molecular flexibility index (Phi) is 5.07. The predicted octanol–water partition coefficient (Wildman–Crippen LogP) is 1.19. The molecule has 0 aromatic rings. The van der Waals surface area contributed by atoms with Crippen molar-refractivity contribution in [2.24, 2.45) is 4.99 Å². The molecule has 1 rings (SSSR count). The van der Waals surface area contributed by atoms with Crippen LogP contribution in [0.5, 0.6) is 0 Å². The summed E-state index contributed by atoms with van der Waals surface area (Å²) >= 11 is 1.52. The van der Waals surface area contributed by atoms with Crippen molar-refractivity contribution in [2.45, 2.75) is 6.92 Å². The first-order chi connectivity index (χ1) is 4.77. The van der Waals surface area contributed by atoms with Crippen molar-refractivity contribution in [3.8, 4) is 0 Å². The molecule has 0 fully saturated rings. The van der Waals surface area contributed by atoms with Gasteiger partial charge in [-0.3, -0.25) is 4.79 Å². The second-order valence-electron chi connectivity index (χ2n) is 2.01. The maximum absolute atomic E-state index is 10.7. The van der Waals surface area contributed by atoms with Crippen molar-refractivity contribution in [1.82, 2.24) is 4.90 Å². The number of aliphatic imine (C=N–C) groups is 1. The highest BCUT2D eigenvalue weighted by Gasteiger charge is 2.19. The maximum atomic E-state index is 10.7. The van der Waals surface area contributed by atoms with Gasteiger partial charge in [0, 0.05) is 6.54 Å². The summed E-state index contributed by atoms with van der Waals surface area (Å²) in [4.78, 5) is 16.5. The van der Waals surface area contributed by atoms with E-state index in [1.165, 1.54) is 11.8 Å². The Labute approximate surface area is 87.6 Å². The summed E-state index contributed by atoms with van der Waals surface area (Å²) < 4.78 is 0. The van der Waals surface area contributed by atoms with Gasteiger partial charge in [0.2, 0.25) is 0 Å². The molecule has 0 saturated carbocycles. The number of thioether (sulfide) groups is 1. The van der Waals surface area contributed by atoms with Crippen LogP contribution in [0.2, 0.25) is 0 Å². The van der Waals surface area contributed by atoms with Crippen LogP contribution in [0, 0.1) is 0 Å². The van der Waals surface area contributed by atoms with Crippen molar-refractivity contribution in [3.05, 3.63) is 0 Å². The lowest BCUT2D eigenvalue weighted by Crippen LogP contribution is -2.25. The molecule has 1 heterocycles. The Morgan fingerprint density at radius 2 is 2.36 bits per heavy atom. The van der Waals surface area contributed by atoms with Gasteiger partial charge in [-0.1, -0.05) is 11.8 Å². The largest absolute Gasteiger partial charge is 0.342 e. The Morgan fingerprint density at radius 3 is 2.73 bits per heavy atom. The van der Waals surface area contributed by atoms with Crippen LogP contribution in [-0.2, 0) is 4.79 Å². The van der Waals surface area contributed by atoms with Gasteiger partial charge in [-0.15, -0.1) is 24.0 Å². The van der Waals surface area contributed by atoms with Crippen molar-refractivity contribution in [3.63, 3.8) is 0 Å². The topological polar surface area (TPSA) is 32.7 Å². The minimum absolute atomic E-state index is 0. The molecule has 1 amide bonds. The molecule has 0 radical (unpaired) electrons. The normalized spacial score (nSPS) is 16.4. The van der Waals surface area contributed by atoms with E-state index in [1.807, 2.05) is 18.1 Å². The van der Waals surface area contributed by atoms with Gasteiger partial charge < -0.3 is 4.90 Å². The van der Waals surface area contributed by atoms with Gasteiger partial charge in [-0.25, -0.2) is 0 Å². The molecule has 5 heteroatoms. The fourth-order valence-corrected chi connectivity index (χ4v) is 1.51. The van der Waals surface area contributed by atoms with Crippen molar-refractivity contribution >= 4 is 46.8 Å². The molecule has 0 N–H and O–H groups in total. The molecule has 3 nitrogen and oxygen atoms in total. The lowest BCUT2D eigenvalue weighted by Gasteiger charge is -2.13. The van der Waals surface area contributed by atoms with Crippen LogP contribution >= 0.6 is 35.7 Å². The number of amides is 1. The van der Waals surface area contributed by atoms with E-state index in [4.69, 9.17) is 0 Å². The Morgan fingerprint density at radius 1 is 1.73 bits per heavy atom. The predicted molar refractivity (Wildman–Crippen MR) is 58.6 cm³/mol. The van der Waals surface area contributed by atoms with Gasteiger partial charge in [-0.05, 0) is 13.2 Å². The van der Waals surface area contributed by atoms with Crippen molar-refractivity contribution < 1.29 is 4.79 Å². The number of rotatable bonds is 1. The molecule has 0 atom stereocenters. The van der Waals surface area contributed by atoms with Crippen LogP contribution in [0.15, 0.2) is 4.99 Å². The Balaban J connectivity index is 0.000001000. The molecular formula is C6H11IN2OS. The van der Waals surface area contributed by atoms with Crippen LogP contribution in [0.4, 0.5) is 0 Å². The molecule has 0 aromatic heterocycles. The fourth-order valence-electron chi connectivity index (χ4n) is 0.865. The maximum Gasteiger partial charge on any atom is 0.267 e. The first-order valence-electron chi connectivity index (χ1n) is 3.18. The van der Waals surface area contributed by atoms with E-state index in [1.54, 1.807) is 0 Å². The molecule has 0 bridgehead atoms. The van der Waals surface area contributed by atoms with Gasteiger partial charge in [0.1, 0.15) is 6.54 Å². The molecule has 64 valence electrons. The monoisotopic (exact) mass is 286 g/mol. The fraction of sp³-hybridized carbons (Fsp3) is 0.667. The number of nitrogens with zero attached hydrogens (tertiary/aromatic N) is 2. The number of amidine groups is 1. The van der Waals surface area contributed by atoms with Gasteiger partial charge in [0.15, 0.2) is 5.17 Å². The zero-order valence-electron chi connectivity index (χ0n) is 6.53. The summed E-state index contributed by atoms with van der Waals surface area (Å²) in [5.74, 6) is -0.0220. The second kappa shape index (κ2) is 4.97. The minimum Gasteiger partial charge on any atom is -0.342 e. The zero-order valence-corrected chi connectivity index (χ0v) is 9.68. The van der Waals surface area contributed by atoms with E-state index in [0.717, 1.165) is 11.7 Å². The number of likely N-dealkylation sites (N-methyl/N-ethyl adjacent to an activating group) is 1. The molecule has 0 saturated heterocycles. The van der Waals surface area contributed by atoms with Crippen LogP contribution in [0.25, 0.3) is 0 Å². The average molecular weight is 286 g/mol. The lowest BCUT2D eigenvalue weighted by atomic mass is 10.5. The number of carbonyl (C=O) groups is 1. The lowest BCUT2D eigenvalue weighted by molar-refractivity contribution is -0.117. The van der Waals surface area contributed by atoms with E-state index in [2.05, 4.69) is 4.99 Å². The zero-order chi connectivity index (χ0) is 7.56. The third kappa shape index (κ3) is 2.62. The van der Waals surface area contributed by atoms with Crippen LogP contribution in [0.3, 0.4) is 0 Å². The summed E-state index contributed by atoms with van der Waals surface area (Å²) in [6.07, 6.45) is 1.93. The standard InChI is InChI=1S/C6H10N2OS.HI/c1-3-8-4-5(9)7-6(8)10-2;/h3-4H2,1-2H3;1H. The highest BCUT2D eigenvalue weighted by molar-refractivity contribution is 14.0. The van der Waals surface area contributed by atoms with E-state index >= 15 is 0 Å². The smallest absolute Gasteiger partial charge is 0.267 e. The Bertz CT molecular complexity index is 183. The van der Waals surface area contributed by atoms with Crippen LogP contribution < -0.4 is 0 Å². The van der Waals surface area contributed by atoms with Gasteiger partial charge in [0.05, 0.1) is 0 Å². The number of hydrogen-bond donors (Lipinski definition) is 0. The third-order valence-electron chi connectivity index (χ3n) is 1.38. The van der Waals surface area contributed by atoms with E-state index in [0.29, 0.717) is 6.54 Å². The SMILES string of the molecule is CCN1CC(=O)N=C1SC.I. The first-order valence-corrected chi connectivity index (χ1v) is 4.41. The molecule has 0 unspecified atom stereocenters. The highest BCUT2D eigenvalue weighted by Crippen LogP contribution is 2.10. The second-order valence-corrected chi connectivity index (χ2v) is 2.78. The van der Waals surface area contributed by atoms with E-state index < -0.39 is 0 Å². The molecule has 1 aliphatic heterocycles. The minimum atomic E-state index is -0.0220. The Hall–Kier alpha value is 0.220. The summed E-state index contributed by atoms with van der Waals surface area (Å²) in [7, 11) is 0. The molecule has 0 aliphatic carbocycles. The molecule has 11 heavy (non-hydrogen) atoms. The van der Waals surface area contributed by atoms with Crippen molar-refractivity contribution in [1.29, 1.82) is 0 Å². The van der Waals surface area contributed by atoms with Gasteiger partial charge in [0.25, 0.3) is 5.91 Å². The molecule has 0 aromatic carbocycles. The molecule has 1 aliphatic rings. The average Bonchev–Trinajstić information content (AvgIpc) is 2.30. The number of halogens is 1. The summed E-state index contributed by atoms with van der Waals surface area (Å²) in [6.45, 7) is 3.35. The first kappa shape index (κ1) is 11.2. The van der Waals surface area contributed by atoms with Gasteiger partial charge in [-0.2, -0.15) is 4.99 Å². The molecule has 0 spiro atoms.